The van der Waals surface area contributed by atoms with Crippen LogP contribution in [0.5, 0.6) is 0 Å². The average molecular weight is 344 g/mol. The lowest BCUT2D eigenvalue weighted by Gasteiger charge is -2.06. The molecule has 1 fully saturated rings. The molecule has 1 aliphatic carbocycles. The molecule has 108 valence electrons. The molecule has 0 heterocycles. The molecule has 4 heteroatoms. The van der Waals surface area contributed by atoms with E-state index in [4.69, 9.17) is 5.73 Å². The second-order valence-electron chi connectivity index (χ2n) is 5.47. The summed E-state index contributed by atoms with van der Waals surface area (Å²) in [6, 6.07) is 16.9. The monoisotopic (exact) mass is 343 g/mol. The highest BCUT2D eigenvalue weighted by Gasteiger charge is 2.38. The fourth-order valence-electron chi connectivity index (χ4n) is 2.39. The maximum atomic E-state index is 5.98. The van der Waals surface area contributed by atoms with Crippen molar-refractivity contribution in [1.29, 1.82) is 0 Å². The zero-order valence-corrected chi connectivity index (χ0v) is 13.5. The predicted molar refractivity (Wildman–Crippen MR) is 91.7 cm³/mol. The largest absolute Gasteiger partial charge is 0.370 e. The number of aliphatic imine (C=N–C) groups is 1. The van der Waals surface area contributed by atoms with Crippen LogP contribution in [0.3, 0.4) is 0 Å². The molecule has 2 atom stereocenters. The van der Waals surface area contributed by atoms with Gasteiger partial charge in [-0.25, -0.2) is 4.99 Å². The first-order valence-electron chi connectivity index (χ1n) is 7.04. The van der Waals surface area contributed by atoms with Crippen LogP contribution in [0.1, 0.15) is 23.5 Å². The van der Waals surface area contributed by atoms with Crippen LogP contribution in [-0.4, -0.2) is 12.0 Å². The van der Waals surface area contributed by atoms with Crippen molar-refractivity contribution in [3.8, 4) is 0 Å². The summed E-state index contributed by atoms with van der Waals surface area (Å²) in [5, 5.41) is 3.14. The van der Waals surface area contributed by atoms with Gasteiger partial charge < -0.3 is 11.1 Å². The maximum Gasteiger partial charge on any atom is 0.193 e. The van der Waals surface area contributed by atoms with E-state index in [9.17, 15) is 0 Å². The predicted octanol–water partition coefficient (Wildman–Crippen LogP) is 4.04. The number of rotatable bonds is 3. The molecule has 2 aromatic carbocycles. The van der Waals surface area contributed by atoms with Crippen molar-refractivity contribution in [2.45, 2.75) is 25.3 Å². The van der Waals surface area contributed by atoms with E-state index in [1.807, 2.05) is 12.1 Å². The van der Waals surface area contributed by atoms with Crippen molar-refractivity contribution in [1.82, 2.24) is 0 Å². The van der Waals surface area contributed by atoms with E-state index in [1.165, 1.54) is 11.1 Å². The Balaban J connectivity index is 1.61. The normalized spacial score (nSPS) is 21.1. The average Bonchev–Trinajstić information content (AvgIpc) is 3.21. The van der Waals surface area contributed by atoms with Crippen LogP contribution >= 0.6 is 15.9 Å². The molecule has 2 aromatic rings. The minimum atomic E-state index is 0.295. The van der Waals surface area contributed by atoms with Crippen LogP contribution < -0.4 is 11.1 Å². The van der Waals surface area contributed by atoms with Crippen LogP contribution in [0.4, 0.5) is 5.69 Å². The summed E-state index contributed by atoms with van der Waals surface area (Å²) in [6.45, 7) is 2.06. The number of halogens is 1. The van der Waals surface area contributed by atoms with Crippen molar-refractivity contribution in [2.75, 3.05) is 5.32 Å². The van der Waals surface area contributed by atoms with Crippen LogP contribution in [0.2, 0.25) is 0 Å². The first kappa shape index (κ1) is 14.1. The van der Waals surface area contributed by atoms with Crippen LogP contribution in [0.25, 0.3) is 0 Å². The van der Waals surface area contributed by atoms with E-state index in [0.717, 1.165) is 16.6 Å². The fraction of sp³-hybridized carbons (Fsp3) is 0.235. The van der Waals surface area contributed by atoms with Gasteiger partial charge in [-0.1, -0.05) is 45.8 Å². The molecule has 2 unspecified atom stereocenters. The van der Waals surface area contributed by atoms with E-state index < -0.39 is 0 Å². The van der Waals surface area contributed by atoms with Crippen LogP contribution in [-0.2, 0) is 0 Å². The molecule has 3 N–H and O–H groups in total. The second-order valence-corrected chi connectivity index (χ2v) is 6.38. The molecule has 0 radical (unpaired) electrons. The highest BCUT2D eigenvalue weighted by atomic mass is 79.9. The summed E-state index contributed by atoms with van der Waals surface area (Å²) in [5.41, 5.74) is 9.51. The number of hydrogen-bond acceptors (Lipinski definition) is 1. The van der Waals surface area contributed by atoms with E-state index in [2.05, 4.69) is 69.6 Å². The summed E-state index contributed by atoms with van der Waals surface area (Å²) in [5.74, 6) is 0.986. The highest BCUT2D eigenvalue weighted by molar-refractivity contribution is 9.10. The molecular weight excluding hydrogens is 326 g/mol. The molecule has 1 saturated carbocycles. The third-order valence-corrected chi connectivity index (χ3v) is 4.21. The van der Waals surface area contributed by atoms with E-state index in [0.29, 0.717) is 17.9 Å². The van der Waals surface area contributed by atoms with Gasteiger partial charge in [-0.2, -0.15) is 0 Å². The third kappa shape index (κ3) is 3.64. The fourth-order valence-corrected chi connectivity index (χ4v) is 2.65. The summed E-state index contributed by atoms with van der Waals surface area (Å²) in [6.07, 6.45) is 1.07. The Labute approximate surface area is 133 Å². The first-order chi connectivity index (χ1) is 10.1. The Morgan fingerprint density at radius 3 is 2.48 bits per heavy atom. The van der Waals surface area contributed by atoms with Crippen molar-refractivity contribution in [2.24, 2.45) is 10.7 Å². The van der Waals surface area contributed by atoms with Crippen LogP contribution in [0, 0.1) is 6.92 Å². The molecule has 0 amide bonds. The zero-order valence-electron chi connectivity index (χ0n) is 11.9. The van der Waals surface area contributed by atoms with Crippen molar-refractivity contribution in [3.05, 3.63) is 64.1 Å². The van der Waals surface area contributed by atoms with Gasteiger partial charge in [-0.15, -0.1) is 0 Å². The molecule has 21 heavy (non-hydrogen) atoms. The topological polar surface area (TPSA) is 50.4 Å². The lowest BCUT2D eigenvalue weighted by molar-refractivity contribution is 0.984. The number of anilines is 1. The van der Waals surface area contributed by atoms with Crippen molar-refractivity contribution < 1.29 is 0 Å². The van der Waals surface area contributed by atoms with Gasteiger partial charge in [0.15, 0.2) is 5.96 Å². The minimum absolute atomic E-state index is 0.295. The van der Waals surface area contributed by atoms with Crippen LogP contribution in [0.15, 0.2) is 58.0 Å². The molecule has 1 aliphatic rings. The summed E-state index contributed by atoms with van der Waals surface area (Å²) in [4.78, 5) is 4.56. The lowest BCUT2D eigenvalue weighted by atomic mass is 10.1. The number of nitrogens with one attached hydrogen (secondary N) is 1. The van der Waals surface area contributed by atoms with Gasteiger partial charge in [-0.05, 0) is 43.2 Å². The maximum absolute atomic E-state index is 5.98. The molecule has 3 rings (SSSR count). The molecule has 0 aliphatic heterocycles. The van der Waals surface area contributed by atoms with Gasteiger partial charge in [0.2, 0.25) is 0 Å². The number of benzene rings is 2. The Bertz CT molecular complexity index is 647. The number of nitrogens with two attached hydrogens (primary N) is 1. The number of nitrogens with zero attached hydrogens (tertiary/aromatic N) is 1. The minimum Gasteiger partial charge on any atom is -0.370 e. The molecule has 0 bridgehead atoms. The summed E-state index contributed by atoms with van der Waals surface area (Å²) < 4.78 is 1.10. The van der Waals surface area contributed by atoms with E-state index in [1.54, 1.807) is 0 Å². The molecule has 0 aromatic heterocycles. The second kappa shape index (κ2) is 5.90. The van der Waals surface area contributed by atoms with Gasteiger partial charge in [-0.3, -0.25) is 0 Å². The van der Waals surface area contributed by atoms with Gasteiger partial charge in [0.05, 0.1) is 6.04 Å². The lowest BCUT2D eigenvalue weighted by Crippen LogP contribution is -2.23. The number of aryl methyl sites for hydroxylation is 1. The van der Waals surface area contributed by atoms with Gasteiger partial charge in [0.25, 0.3) is 0 Å². The van der Waals surface area contributed by atoms with Gasteiger partial charge in [0, 0.05) is 16.1 Å². The highest BCUT2D eigenvalue weighted by Crippen LogP contribution is 2.43. The summed E-state index contributed by atoms with van der Waals surface area (Å²) in [7, 11) is 0. The Kier molecular flexibility index (Phi) is 3.97. The molecular formula is C17H18BrN3. The summed E-state index contributed by atoms with van der Waals surface area (Å²) >= 11 is 3.45. The SMILES string of the molecule is Cc1ccc(NC(N)=NC2CC2c2ccc(Br)cc2)cc1. The first-order valence-corrected chi connectivity index (χ1v) is 7.83. The quantitative estimate of drug-likeness (QED) is 0.652. The Morgan fingerprint density at radius 1 is 1.14 bits per heavy atom. The van der Waals surface area contributed by atoms with E-state index >= 15 is 0 Å². The number of hydrogen-bond donors (Lipinski definition) is 2. The van der Waals surface area contributed by atoms with Crippen molar-refractivity contribution in [3.63, 3.8) is 0 Å². The Hall–Kier alpha value is -1.81. The molecule has 0 saturated heterocycles. The van der Waals surface area contributed by atoms with E-state index in [-0.39, 0.29) is 0 Å². The van der Waals surface area contributed by atoms with Gasteiger partial charge >= 0.3 is 0 Å². The molecule has 3 nitrogen and oxygen atoms in total. The van der Waals surface area contributed by atoms with Crippen molar-refractivity contribution >= 4 is 27.6 Å². The Morgan fingerprint density at radius 2 is 1.81 bits per heavy atom. The zero-order chi connectivity index (χ0) is 14.8. The standard InChI is InChI=1S/C17H18BrN3/c1-11-2-8-14(9-3-11)20-17(19)21-16-10-15(16)12-4-6-13(18)7-5-12/h2-9,15-16H,10H2,1H3,(H3,19,20,21). The third-order valence-electron chi connectivity index (χ3n) is 3.68. The van der Waals surface area contributed by atoms with Gasteiger partial charge in [0.1, 0.15) is 0 Å². The number of guanidine groups is 1. The smallest absolute Gasteiger partial charge is 0.193 e. The molecule has 0 spiro atoms.